The maximum atomic E-state index is 12.3. The van der Waals surface area contributed by atoms with E-state index in [1.165, 1.54) is 32.1 Å². The highest BCUT2D eigenvalue weighted by Crippen LogP contribution is 2.18. The second-order valence-corrected chi connectivity index (χ2v) is 5.89. The second-order valence-electron chi connectivity index (χ2n) is 5.89. The molecule has 1 N–H and O–H groups in total. The van der Waals surface area contributed by atoms with Gasteiger partial charge in [-0.1, -0.05) is 49.3 Å². The number of rotatable bonds is 2. The van der Waals surface area contributed by atoms with Crippen LogP contribution in [0.4, 0.5) is 0 Å². The number of carbonyl (C=O) groups excluding carboxylic acids is 1. The van der Waals surface area contributed by atoms with Crippen LogP contribution in [0, 0.1) is 13.8 Å². The van der Waals surface area contributed by atoms with E-state index >= 15 is 0 Å². The van der Waals surface area contributed by atoms with Crippen LogP contribution in [-0.2, 0) is 0 Å². The Morgan fingerprint density at radius 3 is 2.05 bits per heavy atom. The lowest BCUT2D eigenvalue weighted by Crippen LogP contribution is -2.35. The monoisotopic (exact) mass is 259 g/mol. The van der Waals surface area contributed by atoms with Crippen molar-refractivity contribution in [2.24, 2.45) is 0 Å². The van der Waals surface area contributed by atoms with Crippen molar-refractivity contribution in [3.05, 3.63) is 34.9 Å². The Hall–Kier alpha value is -1.31. The number of benzene rings is 1. The first-order chi connectivity index (χ1) is 9.15. The average Bonchev–Trinajstić information content (AvgIpc) is 2.31. The summed E-state index contributed by atoms with van der Waals surface area (Å²) in [5, 5.41) is 3.22. The van der Waals surface area contributed by atoms with Gasteiger partial charge in [-0.15, -0.1) is 0 Å². The number of hydrogen-bond acceptors (Lipinski definition) is 1. The molecule has 0 bridgehead atoms. The third kappa shape index (κ3) is 4.38. The number of carbonyl (C=O) groups is 1. The van der Waals surface area contributed by atoms with Crippen molar-refractivity contribution in [3.63, 3.8) is 0 Å². The summed E-state index contributed by atoms with van der Waals surface area (Å²) in [6.07, 6.45) is 8.76. The van der Waals surface area contributed by atoms with E-state index in [0.717, 1.165) is 29.5 Å². The first kappa shape index (κ1) is 14.1. The lowest BCUT2D eigenvalue weighted by atomic mass is 9.96. The molecule has 0 saturated heterocycles. The van der Waals surface area contributed by atoms with E-state index in [0.29, 0.717) is 6.04 Å². The zero-order valence-corrected chi connectivity index (χ0v) is 12.2. The normalized spacial score (nSPS) is 17.6. The molecule has 0 atom stereocenters. The Morgan fingerprint density at radius 2 is 1.47 bits per heavy atom. The molecular weight excluding hydrogens is 234 g/mol. The van der Waals surface area contributed by atoms with Gasteiger partial charge in [-0.3, -0.25) is 4.79 Å². The molecule has 1 aromatic rings. The minimum absolute atomic E-state index is 0.0948. The van der Waals surface area contributed by atoms with Crippen LogP contribution in [0.15, 0.2) is 18.2 Å². The van der Waals surface area contributed by atoms with Crippen LogP contribution in [-0.4, -0.2) is 11.9 Å². The maximum absolute atomic E-state index is 12.3. The molecule has 0 heterocycles. The fourth-order valence-corrected chi connectivity index (χ4v) is 2.97. The van der Waals surface area contributed by atoms with Gasteiger partial charge in [-0.25, -0.2) is 0 Å². The Bertz CT molecular complexity index is 411. The van der Waals surface area contributed by atoms with Crippen LogP contribution in [0.1, 0.15) is 66.4 Å². The highest BCUT2D eigenvalue weighted by molar-refractivity contribution is 5.94. The summed E-state index contributed by atoms with van der Waals surface area (Å²) >= 11 is 0. The molecule has 2 nitrogen and oxygen atoms in total. The predicted octanol–water partition coefficient (Wildman–Crippen LogP) is 4.15. The summed E-state index contributed by atoms with van der Waals surface area (Å²) in [5.41, 5.74) is 3.12. The van der Waals surface area contributed by atoms with Crippen LogP contribution in [0.5, 0.6) is 0 Å². The lowest BCUT2D eigenvalue weighted by Gasteiger charge is -2.21. The average molecular weight is 259 g/mol. The van der Waals surface area contributed by atoms with Crippen molar-refractivity contribution in [1.82, 2.24) is 5.32 Å². The molecule has 0 radical (unpaired) electrons. The van der Waals surface area contributed by atoms with E-state index in [9.17, 15) is 4.79 Å². The SMILES string of the molecule is Cc1cc(C)cc(C(=O)NC2CCCCCCC2)c1. The van der Waals surface area contributed by atoms with Crippen LogP contribution >= 0.6 is 0 Å². The molecule has 0 aromatic heterocycles. The highest BCUT2D eigenvalue weighted by Gasteiger charge is 2.15. The zero-order valence-electron chi connectivity index (χ0n) is 12.2. The quantitative estimate of drug-likeness (QED) is 0.849. The van der Waals surface area contributed by atoms with Gasteiger partial charge in [0.15, 0.2) is 0 Å². The van der Waals surface area contributed by atoms with Crippen LogP contribution in [0.25, 0.3) is 0 Å². The fraction of sp³-hybridized carbons (Fsp3) is 0.588. The molecule has 1 aliphatic rings. The largest absolute Gasteiger partial charge is 0.349 e. The van der Waals surface area contributed by atoms with Gasteiger partial charge in [-0.05, 0) is 38.8 Å². The molecule has 1 saturated carbocycles. The van der Waals surface area contributed by atoms with E-state index in [1.807, 2.05) is 26.0 Å². The Labute approximate surface area is 116 Å². The molecule has 19 heavy (non-hydrogen) atoms. The molecular formula is C17H25NO. The fourth-order valence-electron chi connectivity index (χ4n) is 2.97. The second kappa shape index (κ2) is 6.74. The van der Waals surface area contributed by atoms with Gasteiger partial charge < -0.3 is 5.32 Å². The van der Waals surface area contributed by atoms with Gasteiger partial charge >= 0.3 is 0 Å². The lowest BCUT2D eigenvalue weighted by molar-refractivity contribution is 0.0930. The van der Waals surface area contributed by atoms with E-state index < -0.39 is 0 Å². The van der Waals surface area contributed by atoms with Crippen LogP contribution in [0.2, 0.25) is 0 Å². The number of nitrogens with one attached hydrogen (secondary N) is 1. The molecule has 0 spiro atoms. The van der Waals surface area contributed by atoms with E-state index in [-0.39, 0.29) is 5.91 Å². The Balaban J connectivity index is 1.98. The molecule has 0 unspecified atom stereocenters. The molecule has 2 heteroatoms. The summed E-state index contributed by atoms with van der Waals surface area (Å²) in [7, 11) is 0. The summed E-state index contributed by atoms with van der Waals surface area (Å²) in [4.78, 5) is 12.3. The Kier molecular flexibility index (Phi) is 5.00. The first-order valence-corrected chi connectivity index (χ1v) is 7.54. The standard InChI is InChI=1S/C17H25NO/c1-13-10-14(2)12-15(11-13)17(19)18-16-8-6-4-3-5-7-9-16/h10-12,16H,3-9H2,1-2H3,(H,18,19). The smallest absolute Gasteiger partial charge is 0.251 e. The van der Waals surface area contributed by atoms with Gasteiger partial charge in [0, 0.05) is 11.6 Å². The summed E-state index contributed by atoms with van der Waals surface area (Å²) in [5.74, 6) is 0.0948. The van der Waals surface area contributed by atoms with Crippen molar-refractivity contribution in [1.29, 1.82) is 0 Å². The van der Waals surface area contributed by atoms with E-state index in [4.69, 9.17) is 0 Å². The predicted molar refractivity (Wildman–Crippen MR) is 79.5 cm³/mol. The zero-order chi connectivity index (χ0) is 13.7. The number of amides is 1. The third-order valence-electron chi connectivity index (χ3n) is 3.92. The molecule has 1 amide bonds. The van der Waals surface area contributed by atoms with Gasteiger partial charge in [0.05, 0.1) is 0 Å². The summed E-state index contributed by atoms with van der Waals surface area (Å²) in [6, 6.07) is 6.43. The third-order valence-corrected chi connectivity index (χ3v) is 3.92. The Morgan fingerprint density at radius 1 is 0.947 bits per heavy atom. The summed E-state index contributed by atoms with van der Waals surface area (Å²) < 4.78 is 0. The minimum atomic E-state index is 0.0948. The van der Waals surface area contributed by atoms with Crippen LogP contribution in [0.3, 0.4) is 0 Å². The molecule has 1 aromatic carbocycles. The van der Waals surface area contributed by atoms with Crippen molar-refractivity contribution >= 4 is 5.91 Å². The minimum Gasteiger partial charge on any atom is -0.349 e. The number of aryl methyl sites for hydroxylation is 2. The topological polar surface area (TPSA) is 29.1 Å². The molecule has 0 aliphatic heterocycles. The molecule has 104 valence electrons. The molecule has 2 rings (SSSR count). The van der Waals surface area contributed by atoms with E-state index in [1.54, 1.807) is 0 Å². The molecule has 1 aliphatic carbocycles. The van der Waals surface area contributed by atoms with Crippen LogP contribution < -0.4 is 5.32 Å². The number of hydrogen-bond donors (Lipinski definition) is 1. The van der Waals surface area contributed by atoms with E-state index in [2.05, 4.69) is 11.4 Å². The highest BCUT2D eigenvalue weighted by atomic mass is 16.1. The van der Waals surface area contributed by atoms with Gasteiger partial charge in [-0.2, -0.15) is 0 Å². The van der Waals surface area contributed by atoms with Gasteiger partial charge in [0.2, 0.25) is 0 Å². The van der Waals surface area contributed by atoms with Crippen molar-refractivity contribution < 1.29 is 4.79 Å². The van der Waals surface area contributed by atoms with Gasteiger partial charge in [0.25, 0.3) is 5.91 Å². The first-order valence-electron chi connectivity index (χ1n) is 7.54. The van der Waals surface area contributed by atoms with Crippen molar-refractivity contribution in [3.8, 4) is 0 Å². The van der Waals surface area contributed by atoms with Gasteiger partial charge in [0.1, 0.15) is 0 Å². The summed E-state index contributed by atoms with van der Waals surface area (Å²) in [6.45, 7) is 4.08. The molecule has 1 fully saturated rings. The van der Waals surface area contributed by atoms with Crippen molar-refractivity contribution in [2.45, 2.75) is 64.8 Å². The maximum Gasteiger partial charge on any atom is 0.251 e. The van der Waals surface area contributed by atoms with Crippen molar-refractivity contribution in [2.75, 3.05) is 0 Å².